The molecule has 1 aliphatic rings. The molecule has 1 aliphatic heterocycles. The fourth-order valence-electron chi connectivity index (χ4n) is 2.51. The molecule has 2 atom stereocenters. The fraction of sp³-hybridized carbons (Fsp3) is 0.462. The highest BCUT2D eigenvalue weighted by atomic mass is 19.2. The second kappa shape index (κ2) is 4.31. The number of halogens is 2. The van der Waals surface area contributed by atoms with Gasteiger partial charge >= 0.3 is 0 Å². The van der Waals surface area contributed by atoms with Crippen molar-refractivity contribution in [3.63, 3.8) is 0 Å². The maximum atomic E-state index is 13.1. The summed E-state index contributed by atoms with van der Waals surface area (Å²) in [7, 11) is 0. The normalized spacial score (nSPS) is 24.6. The van der Waals surface area contributed by atoms with Gasteiger partial charge in [-0.25, -0.2) is 13.8 Å². The number of benzene rings is 1. The van der Waals surface area contributed by atoms with E-state index in [1.807, 2.05) is 0 Å². The Bertz CT molecular complexity index is 540. The molecule has 2 aromatic rings. The van der Waals surface area contributed by atoms with Crippen molar-refractivity contribution in [1.29, 1.82) is 0 Å². The molecule has 3 nitrogen and oxygen atoms in total. The average Bonchev–Trinajstić information content (AvgIpc) is 2.73. The number of hydrogen-bond acceptors (Lipinski definition) is 2. The first-order valence-electron chi connectivity index (χ1n) is 6.21. The van der Waals surface area contributed by atoms with Crippen LogP contribution in [-0.4, -0.2) is 16.5 Å². The van der Waals surface area contributed by atoms with E-state index in [1.54, 1.807) is 0 Å². The summed E-state index contributed by atoms with van der Waals surface area (Å²) < 4.78 is 26.2. The van der Waals surface area contributed by atoms with Crippen molar-refractivity contribution in [2.45, 2.75) is 25.8 Å². The van der Waals surface area contributed by atoms with Crippen LogP contribution in [0.1, 0.15) is 31.6 Å². The second-order valence-corrected chi connectivity index (χ2v) is 5.04. The average molecular weight is 251 g/mol. The van der Waals surface area contributed by atoms with E-state index in [2.05, 4.69) is 22.2 Å². The number of aromatic amines is 1. The van der Waals surface area contributed by atoms with Crippen LogP contribution in [0.2, 0.25) is 0 Å². The Morgan fingerprint density at radius 3 is 2.83 bits per heavy atom. The highest BCUT2D eigenvalue weighted by Crippen LogP contribution is 2.27. The molecule has 2 heterocycles. The van der Waals surface area contributed by atoms with Crippen LogP contribution in [0.25, 0.3) is 11.0 Å². The number of nitrogens with zero attached hydrogens (tertiary/aromatic N) is 1. The van der Waals surface area contributed by atoms with Gasteiger partial charge in [0.25, 0.3) is 0 Å². The van der Waals surface area contributed by atoms with Crippen LogP contribution < -0.4 is 5.32 Å². The van der Waals surface area contributed by atoms with Gasteiger partial charge in [-0.1, -0.05) is 6.92 Å². The van der Waals surface area contributed by atoms with Crippen molar-refractivity contribution in [2.24, 2.45) is 5.92 Å². The zero-order valence-corrected chi connectivity index (χ0v) is 10.1. The molecule has 3 rings (SSSR count). The van der Waals surface area contributed by atoms with E-state index in [0.717, 1.165) is 37.3 Å². The molecule has 2 N–H and O–H groups in total. The molecule has 1 aromatic carbocycles. The zero-order valence-electron chi connectivity index (χ0n) is 10.1. The van der Waals surface area contributed by atoms with E-state index >= 15 is 0 Å². The van der Waals surface area contributed by atoms with E-state index in [4.69, 9.17) is 0 Å². The Morgan fingerprint density at radius 1 is 1.28 bits per heavy atom. The lowest BCUT2D eigenvalue weighted by Crippen LogP contribution is -2.31. The fourth-order valence-corrected chi connectivity index (χ4v) is 2.51. The van der Waals surface area contributed by atoms with E-state index < -0.39 is 11.6 Å². The van der Waals surface area contributed by atoms with Gasteiger partial charge in [0.2, 0.25) is 0 Å². The number of nitrogens with one attached hydrogen (secondary N) is 2. The molecule has 1 saturated heterocycles. The zero-order chi connectivity index (χ0) is 12.7. The summed E-state index contributed by atoms with van der Waals surface area (Å²) in [5.41, 5.74) is 1.02. The Balaban J connectivity index is 1.97. The molecule has 0 bridgehead atoms. The lowest BCUT2D eigenvalue weighted by atomic mass is 9.94. The van der Waals surface area contributed by atoms with Crippen molar-refractivity contribution < 1.29 is 8.78 Å². The highest BCUT2D eigenvalue weighted by molar-refractivity contribution is 5.75. The Morgan fingerprint density at radius 2 is 2.06 bits per heavy atom. The lowest BCUT2D eigenvalue weighted by molar-refractivity contribution is 0.317. The van der Waals surface area contributed by atoms with Crippen LogP contribution in [0, 0.1) is 17.6 Å². The van der Waals surface area contributed by atoms with Crippen molar-refractivity contribution in [3.8, 4) is 0 Å². The molecule has 1 fully saturated rings. The molecular formula is C13H15F2N3. The molecule has 5 heteroatoms. The molecule has 1 aromatic heterocycles. The third-order valence-electron chi connectivity index (χ3n) is 3.54. The smallest absolute Gasteiger partial charge is 0.161 e. The number of fused-ring (bicyclic) bond motifs is 1. The van der Waals surface area contributed by atoms with Crippen LogP contribution >= 0.6 is 0 Å². The summed E-state index contributed by atoms with van der Waals surface area (Å²) in [5, 5.41) is 3.37. The van der Waals surface area contributed by atoms with Gasteiger partial charge in [-0.2, -0.15) is 0 Å². The molecule has 0 amide bonds. The lowest BCUT2D eigenvalue weighted by Gasteiger charge is -2.26. The first-order valence-corrected chi connectivity index (χ1v) is 6.21. The largest absolute Gasteiger partial charge is 0.341 e. The molecule has 0 spiro atoms. The molecule has 18 heavy (non-hydrogen) atoms. The number of piperidine rings is 1. The number of H-pyrrole nitrogens is 1. The third-order valence-corrected chi connectivity index (χ3v) is 3.54. The summed E-state index contributed by atoms with van der Waals surface area (Å²) in [6, 6.07) is 2.44. The SMILES string of the molecule is CC1CCNC(c2nc3cc(F)c(F)cc3[nH]2)C1. The first-order chi connectivity index (χ1) is 8.63. The number of imidazole rings is 1. The van der Waals surface area contributed by atoms with Crippen LogP contribution in [-0.2, 0) is 0 Å². The van der Waals surface area contributed by atoms with Crippen molar-refractivity contribution in [2.75, 3.05) is 6.54 Å². The molecule has 96 valence electrons. The van der Waals surface area contributed by atoms with Crippen LogP contribution in [0.3, 0.4) is 0 Å². The minimum Gasteiger partial charge on any atom is -0.341 e. The summed E-state index contributed by atoms with van der Waals surface area (Å²) in [6.07, 6.45) is 2.14. The summed E-state index contributed by atoms with van der Waals surface area (Å²) in [4.78, 5) is 7.42. The predicted molar refractivity (Wildman–Crippen MR) is 65.2 cm³/mol. The van der Waals surface area contributed by atoms with E-state index in [-0.39, 0.29) is 6.04 Å². The van der Waals surface area contributed by atoms with Gasteiger partial charge in [0.15, 0.2) is 11.6 Å². The summed E-state index contributed by atoms with van der Waals surface area (Å²) in [6.45, 7) is 3.15. The second-order valence-electron chi connectivity index (χ2n) is 5.04. The van der Waals surface area contributed by atoms with Crippen LogP contribution in [0.15, 0.2) is 12.1 Å². The Kier molecular flexibility index (Phi) is 2.78. The number of rotatable bonds is 1. The van der Waals surface area contributed by atoms with Crippen molar-refractivity contribution in [1.82, 2.24) is 15.3 Å². The van der Waals surface area contributed by atoms with Crippen molar-refractivity contribution in [3.05, 3.63) is 29.6 Å². The third kappa shape index (κ3) is 1.99. The minimum absolute atomic E-state index is 0.146. The topological polar surface area (TPSA) is 40.7 Å². The Hall–Kier alpha value is -1.49. The molecular weight excluding hydrogens is 236 g/mol. The van der Waals surface area contributed by atoms with Gasteiger partial charge in [0.1, 0.15) is 5.82 Å². The van der Waals surface area contributed by atoms with Gasteiger partial charge < -0.3 is 10.3 Å². The molecule has 0 saturated carbocycles. The van der Waals surface area contributed by atoms with Gasteiger partial charge in [0.05, 0.1) is 17.1 Å². The van der Waals surface area contributed by atoms with E-state index in [9.17, 15) is 8.78 Å². The number of hydrogen-bond donors (Lipinski definition) is 2. The quantitative estimate of drug-likeness (QED) is 0.818. The summed E-state index contributed by atoms with van der Waals surface area (Å²) in [5.74, 6) is -0.298. The monoisotopic (exact) mass is 251 g/mol. The van der Waals surface area contributed by atoms with Gasteiger partial charge in [-0.15, -0.1) is 0 Å². The first kappa shape index (κ1) is 11.6. The van der Waals surface area contributed by atoms with Gasteiger partial charge in [0, 0.05) is 12.1 Å². The maximum Gasteiger partial charge on any atom is 0.161 e. The van der Waals surface area contributed by atoms with Gasteiger partial charge in [-0.05, 0) is 25.3 Å². The summed E-state index contributed by atoms with van der Waals surface area (Å²) >= 11 is 0. The number of aromatic nitrogens is 2. The Labute approximate surface area is 104 Å². The molecule has 0 radical (unpaired) electrons. The molecule has 0 aliphatic carbocycles. The molecule has 2 unspecified atom stereocenters. The van der Waals surface area contributed by atoms with E-state index in [1.165, 1.54) is 0 Å². The van der Waals surface area contributed by atoms with E-state index in [0.29, 0.717) is 17.0 Å². The van der Waals surface area contributed by atoms with Crippen LogP contribution in [0.4, 0.5) is 8.78 Å². The maximum absolute atomic E-state index is 13.1. The van der Waals surface area contributed by atoms with Crippen molar-refractivity contribution >= 4 is 11.0 Å². The standard InChI is InChI=1S/C13H15F2N3/c1-7-2-3-16-12(4-7)13-17-10-5-8(14)9(15)6-11(10)18-13/h5-7,12,16H,2-4H2,1H3,(H,17,18). The van der Waals surface area contributed by atoms with Crippen LogP contribution in [0.5, 0.6) is 0 Å². The minimum atomic E-state index is -0.856. The predicted octanol–water partition coefficient (Wildman–Crippen LogP) is 2.90. The van der Waals surface area contributed by atoms with Gasteiger partial charge in [-0.3, -0.25) is 0 Å². The highest BCUT2D eigenvalue weighted by Gasteiger charge is 2.22.